The van der Waals surface area contributed by atoms with Crippen molar-refractivity contribution in [3.05, 3.63) is 50.6 Å². The highest BCUT2D eigenvalue weighted by Crippen LogP contribution is 2.33. The number of hydrogen-bond acceptors (Lipinski definition) is 6. The second kappa shape index (κ2) is 9.76. The molecule has 10 heteroatoms. The third-order valence-electron chi connectivity index (χ3n) is 5.22. The number of esters is 1. The summed E-state index contributed by atoms with van der Waals surface area (Å²) in [5, 5.41) is 3.37. The quantitative estimate of drug-likeness (QED) is 0.682. The van der Waals surface area contributed by atoms with Gasteiger partial charge in [-0.1, -0.05) is 11.6 Å². The normalized spacial score (nSPS) is 14.4. The Hall–Kier alpha value is -2.49. The maximum absolute atomic E-state index is 13.2. The third kappa shape index (κ3) is 5.23. The molecule has 31 heavy (non-hydrogen) atoms. The molecule has 1 aromatic heterocycles. The van der Waals surface area contributed by atoms with Gasteiger partial charge in [0.15, 0.2) is 0 Å². The number of carbonyl (C=O) groups is 3. The van der Waals surface area contributed by atoms with E-state index in [0.717, 1.165) is 16.5 Å². The topological polar surface area (TPSA) is 79.0 Å². The van der Waals surface area contributed by atoms with Crippen LogP contribution in [0, 0.1) is 19.7 Å². The number of anilines is 1. The summed E-state index contributed by atoms with van der Waals surface area (Å²) in [5.74, 6) is -1.48. The number of rotatable bonds is 5. The molecule has 1 aliphatic heterocycles. The Morgan fingerprint density at radius 1 is 1.19 bits per heavy atom. The SMILES string of the molecule is COC(=O)c1c(NC(=O)CN2CCN(C(=O)c3ccc(F)cc3Cl)CC2)sc(C)c1C. The van der Waals surface area contributed by atoms with Crippen LogP contribution in [-0.2, 0) is 9.53 Å². The minimum absolute atomic E-state index is 0.0785. The Labute approximate surface area is 188 Å². The Bertz CT molecular complexity index is 1020. The van der Waals surface area contributed by atoms with E-state index in [1.54, 1.807) is 4.90 Å². The molecule has 166 valence electrons. The first-order valence-electron chi connectivity index (χ1n) is 9.66. The van der Waals surface area contributed by atoms with Crippen molar-refractivity contribution in [1.82, 2.24) is 9.80 Å². The molecular weight excluding hydrogens is 445 g/mol. The number of nitrogens with one attached hydrogen (secondary N) is 1. The highest BCUT2D eigenvalue weighted by atomic mass is 35.5. The van der Waals surface area contributed by atoms with Crippen molar-refractivity contribution in [1.29, 1.82) is 0 Å². The van der Waals surface area contributed by atoms with Crippen molar-refractivity contribution in [2.24, 2.45) is 0 Å². The Balaban J connectivity index is 1.57. The molecule has 1 fully saturated rings. The fourth-order valence-corrected chi connectivity index (χ4v) is 4.69. The van der Waals surface area contributed by atoms with E-state index >= 15 is 0 Å². The van der Waals surface area contributed by atoms with E-state index < -0.39 is 11.8 Å². The van der Waals surface area contributed by atoms with E-state index in [-0.39, 0.29) is 28.9 Å². The van der Waals surface area contributed by atoms with E-state index in [1.165, 1.54) is 30.6 Å². The molecule has 2 aromatic rings. The molecule has 0 spiro atoms. The van der Waals surface area contributed by atoms with E-state index in [4.69, 9.17) is 16.3 Å². The summed E-state index contributed by atoms with van der Waals surface area (Å²) in [4.78, 5) is 41.7. The van der Waals surface area contributed by atoms with Crippen molar-refractivity contribution in [2.45, 2.75) is 13.8 Å². The largest absolute Gasteiger partial charge is 0.465 e. The maximum Gasteiger partial charge on any atom is 0.341 e. The molecule has 0 unspecified atom stereocenters. The van der Waals surface area contributed by atoms with Crippen LogP contribution in [0.2, 0.25) is 5.02 Å². The highest BCUT2D eigenvalue weighted by molar-refractivity contribution is 7.16. The van der Waals surface area contributed by atoms with Crippen molar-refractivity contribution < 1.29 is 23.5 Å². The molecule has 3 rings (SSSR count). The number of hydrogen-bond donors (Lipinski definition) is 1. The molecule has 7 nitrogen and oxygen atoms in total. The van der Waals surface area contributed by atoms with Crippen LogP contribution in [0.3, 0.4) is 0 Å². The monoisotopic (exact) mass is 467 g/mol. The number of carbonyl (C=O) groups excluding carboxylic acids is 3. The number of methoxy groups -OCH3 is 1. The molecule has 2 heterocycles. The van der Waals surface area contributed by atoms with Crippen molar-refractivity contribution in [3.63, 3.8) is 0 Å². The van der Waals surface area contributed by atoms with E-state index in [9.17, 15) is 18.8 Å². The molecule has 2 amide bonds. The van der Waals surface area contributed by atoms with E-state index in [2.05, 4.69) is 5.32 Å². The second-order valence-corrected chi connectivity index (χ2v) is 8.85. The first-order valence-corrected chi connectivity index (χ1v) is 10.9. The van der Waals surface area contributed by atoms with Crippen molar-refractivity contribution >= 4 is 45.7 Å². The van der Waals surface area contributed by atoms with Gasteiger partial charge in [0.25, 0.3) is 5.91 Å². The van der Waals surface area contributed by atoms with Gasteiger partial charge in [-0.15, -0.1) is 11.3 Å². The predicted octanol–water partition coefficient (Wildman–Crippen LogP) is 3.34. The van der Waals surface area contributed by atoms with Gasteiger partial charge in [-0.05, 0) is 37.6 Å². The summed E-state index contributed by atoms with van der Waals surface area (Å²) < 4.78 is 18.0. The van der Waals surface area contributed by atoms with Gasteiger partial charge in [0.05, 0.1) is 29.8 Å². The highest BCUT2D eigenvalue weighted by Gasteiger charge is 2.26. The summed E-state index contributed by atoms with van der Waals surface area (Å²) in [6.07, 6.45) is 0. The number of benzene rings is 1. The molecule has 0 atom stereocenters. The van der Waals surface area contributed by atoms with Crippen molar-refractivity contribution in [2.75, 3.05) is 45.2 Å². The zero-order chi connectivity index (χ0) is 22.7. The van der Waals surface area contributed by atoms with Gasteiger partial charge >= 0.3 is 5.97 Å². The lowest BCUT2D eigenvalue weighted by atomic mass is 10.1. The number of ether oxygens (including phenoxy) is 1. The molecule has 0 bridgehead atoms. The molecular formula is C21H23ClFN3O4S. The summed E-state index contributed by atoms with van der Waals surface area (Å²) >= 11 is 7.33. The van der Waals surface area contributed by atoms with Gasteiger partial charge in [-0.25, -0.2) is 9.18 Å². The lowest BCUT2D eigenvalue weighted by molar-refractivity contribution is -0.117. The smallest absolute Gasteiger partial charge is 0.341 e. The Kier molecular flexibility index (Phi) is 7.30. The van der Waals surface area contributed by atoms with Crippen LogP contribution in [0.4, 0.5) is 9.39 Å². The number of halogens is 2. The third-order valence-corrected chi connectivity index (χ3v) is 6.65. The second-order valence-electron chi connectivity index (χ2n) is 7.22. The minimum Gasteiger partial charge on any atom is -0.465 e. The molecule has 1 saturated heterocycles. The van der Waals surface area contributed by atoms with Gasteiger partial charge in [0.1, 0.15) is 10.8 Å². The zero-order valence-corrected chi connectivity index (χ0v) is 19.0. The zero-order valence-electron chi connectivity index (χ0n) is 17.5. The molecule has 1 aromatic carbocycles. The molecule has 0 saturated carbocycles. The number of aryl methyl sites for hydroxylation is 1. The van der Waals surface area contributed by atoms with Gasteiger partial charge in [0, 0.05) is 31.1 Å². The lowest BCUT2D eigenvalue weighted by Gasteiger charge is -2.34. The van der Waals surface area contributed by atoms with E-state index in [1.807, 2.05) is 18.7 Å². The molecule has 1 N–H and O–H groups in total. The first kappa shape index (κ1) is 23.2. The van der Waals surface area contributed by atoms with Crippen LogP contribution in [0.25, 0.3) is 0 Å². The predicted molar refractivity (Wildman–Crippen MR) is 118 cm³/mol. The molecule has 0 aliphatic carbocycles. The van der Waals surface area contributed by atoms with Crippen LogP contribution >= 0.6 is 22.9 Å². The average molecular weight is 468 g/mol. The maximum atomic E-state index is 13.2. The van der Waals surface area contributed by atoms with Crippen LogP contribution in [0.15, 0.2) is 18.2 Å². The standard InChI is InChI=1S/C21H23ClFN3O4S/c1-12-13(2)31-19(18(12)21(29)30-3)24-17(27)11-25-6-8-26(9-7-25)20(28)15-5-4-14(23)10-16(15)22/h4-5,10H,6-9,11H2,1-3H3,(H,24,27). The summed E-state index contributed by atoms with van der Waals surface area (Å²) in [6.45, 7) is 5.68. The van der Waals surface area contributed by atoms with Crippen LogP contribution in [0.1, 0.15) is 31.2 Å². The van der Waals surface area contributed by atoms with Gasteiger partial charge in [-0.2, -0.15) is 0 Å². The number of piperazine rings is 1. The van der Waals surface area contributed by atoms with Gasteiger partial charge < -0.3 is 15.0 Å². The minimum atomic E-state index is -0.496. The van der Waals surface area contributed by atoms with Crippen LogP contribution in [0.5, 0.6) is 0 Å². The summed E-state index contributed by atoms with van der Waals surface area (Å²) in [5.41, 5.74) is 1.43. The van der Waals surface area contributed by atoms with Crippen LogP contribution < -0.4 is 5.32 Å². The number of nitrogens with zero attached hydrogens (tertiary/aromatic N) is 2. The lowest BCUT2D eigenvalue weighted by Crippen LogP contribution is -2.50. The fourth-order valence-electron chi connectivity index (χ4n) is 3.37. The number of thiophene rings is 1. The molecule has 0 radical (unpaired) electrons. The van der Waals surface area contributed by atoms with Crippen LogP contribution in [-0.4, -0.2) is 67.4 Å². The molecule has 1 aliphatic rings. The Morgan fingerprint density at radius 2 is 1.87 bits per heavy atom. The van der Waals surface area contributed by atoms with Crippen molar-refractivity contribution in [3.8, 4) is 0 Å². The first-order chi connectivity index (χ1) is 14.7. The van der Waals surface area contributed by atoms with E-state index in [0.29, 0.717) is 36.7 Å². The van der Waals surface area contributed by atoms with Gasteiger partial charge in [-0.3, -0.25) is 14.5 Å². The number of amides is 2. The summed E-state index contributed by atoms with van der Waals surface area (Å²) in [6, 6.07) is 3.70. The van der Waals surface area contributed by atoms with Gasteiger partial charge in [0.2, 0.25) is 5.91 Å². The Morgan fingerprint density at radius 3 is 2.48 bits per heavy atom. The average Bonchev–Trinajstić information content (AvgIpc) is 3.00. The fraction of sp³-hybridized carbons (Fsp3) is 0.381. The summed E-state index contributed by atoms with van der Waals surface area (Å²) in [7, 11) is 1.31.